The molecule has 0 heterocycles. The number of hydrogen-bond acceptors (Lipinski definition) is 3. The van der Waals surface area contributed by atoms with Crippen molar-refractivity contribution in [3.63, 3.8) is 0 Å². The van der Waals surface area contributed by atoms with Crippen LogP contribution in [0.5, 0.6) is 11.5 Å². The van der Waals surface area contributed by atoms with Gasteiger partial charge in [-0.2, -0.15) is 0 Å². The van der Waals surface area contributed by atoms with Crippen molar-refractivity contribution in [2.75, 3.05) is 19.8 Å². The normalized spacial score (nSPS) is 11.9. The van der Waals surface area contributed by atoms with Gasteiger partial charge in [0.05, 0.1) is 0 Å². The van der Waals surface area contributed by atoms with E-state index in [0.29, 0.717) is 13.2 Å². The van der Waals surface area contributed by atoms with Crippen molar-refractivity contribution in [2.24, 2.45) is 0 Å². The Hall–Kier alpha value is -2.00. The molecule has 0 spiro atoms. The van der Waals surface area contributed by atoms with Crippen LogP contribution in [0.4, 0.5) is 0 Å². The van der Waals surface area contributed by atoms with E-state index in [1.807, 2.05) is 48.5 Å². The summed E-state index contributed by atoms with van der Waals surface area (Å²) in [7, 11) is 0. The summed E-state index contributed by atoms with van der Waals surface area (Å²) < 4.78 is 11.5. The molecule has 0 aliphatic rings. The molecule has 0 saturated carbocycles. The summed E-state index contributed by atoms with van der Waals surface area (Å²) in [5, 5.41) is 3.49. The zero-order valence-electron chi connectivity index (χ0n) is 13.4. The van der Waals surface area contributed by atoms with Crippen LogP contribution in [0.25, 0.3) is 0 Å². The Morgan fingerprint density at radius 2 is 1.59 bits per heavy atom. The lowest BCUT2D eigenvalue weighted by molar-refractivity contribution is 0.215. The van der Waals surface area contributed by atoms with Crippen LogP contribution >= 0.6 is 0 Å². The third-order valence-corrected chi connectivity index (χ3v) is 3.44. The Labute approximate surface area is 133 Å². The molecule has 1 unspecified atom stereocenters. The molecule has 22 heavy (non-hydrogen) atoms. The van der Waals surface area contributed by atoms with Gasteiger partial charge in [0.25, 0.3) is 0 Å². The van der Waals surface area contributed by atoms with Gasteiger partial charge >= 0.3 is 0 Å². The minimum absolute atomic E-state index is 0.284. The summed E-state index contributed by atoms with van der Waals surface area (Å²) in [6.07, 6.45) is 1.12. The van der Waals surface area contributed by atoms with E-state index in [1.165, 1.54) is 5.56 Å². The van der Waals surface area contributed by atoms with E-state index in [-0.39, 0.29) is 6.04 Å². The van der Waals surface area contributed by atoms with Crippen LogP contribution in [0, 0.1) is 0 Å². The Balaban J connectivity index is 1.84. The second-order valence-corrected chi connectivity index (χ2v) is 5.22. The first-order chi connectivity index (χ1) is 10.8. The predicted molar refractivity (Wildman–Crippen MR) is 90.6 cm³/mol. The summed E-state index contributed by atoms with van der Waals surface area (Å²) in [6, 6.07) is 18.3. The van der Waals surface area contributed by atoms with Crippen LogP contribution in [0.15, 0.2) is 54.6 Å². The molecule has 2 aromatic rings. The lowest BCUT2D eigenvalue weighted by Crippen LogP contribution is -2.20. The number of benzene rings is 2. The van der Waals surface area contributed by atoms with Gasteiger partial charge < -0.3 is 14.8 Å². The number of nitrogens with one attached hydrogen (secondary N) is 1. The maximum absolute atomic E-state index is 5.89. The minimum Gasteiger partial charge on any atom is -0.490 e. The van der Waals surface area contributed by atoms with Crippen molar-refractivity contribution in [1.82, 2.24) is 5.32 Å². The van der Waals surface area contributed by atoms with Crippen molar-refractivity contribution in [2.45, 2.75) is 26.3 Å². The van der Waals surface area contributed by atoms with Crippen LogP contribution in [0.2, 0.25) is 0 Å². The maximum atomic E-state index is 5.89. The molecule has 2 rings (SSSR count). The number of para-hydroxylation sites is 2. The lowest BCUT2D eigenvalue weighted by Gasteiger charge is -2.18. The molecule has 0 aliphatic heterocycles. The Morgan fingerprint density at radius 3 is 2.36 bits per heavy atom. The molecule has 0 saturated heterocycles. The highest BCUT2D eigenvalue weighted by Gasteiger charge is 2.10. The van der Waals surface area contributed by atoms with Crippen LogP contribution in [-0.2, 0) is 0 Å². The van der Waals surface area contributed by atoms with Gasteiger partial charge in [-0.15, -0.1) is 0 Å². The van der Waals surface area contributed by atoms with Gasteiger partial charge in [0.15, 0.2) is 0 Å². The molecule has 0 fully saturated rings. The Bertz CT molecular complexity index is 542. The second-order valence-electron chi connectivity index (χ2n) is 5.22. The smallest absolute Gasteiger partial charge is 0.124 e. The highest BCUT2D eigenvalue weighted by Crippen LogP contribution is 2.24. The molecule has 1 N–H and O–H groups in total. The molecular formula is C19H25NO2. The molecule has 1 atom stereocenters. The third-order valence-electron chi connectivity index (χ3n) is 3.44. The van der Waals surface area contributed by atoms with Gasteiger partial charge in [0.2, 0.25) is 0 Å². The number of rotatable bonds is 9. The van der Waals surface area contributed by atoms with Crippen LogP contribution in [-0.4, -0.2) is 19.8 Å². The van der Waals surface area contributed by atoms with E-state index in [9.17, 15) is 0 Å². The van der Waals surface area contributed by atoms with E-state index in [4.69, 9.17) is 9.47 Å². The first-order valence-corrected chi connectivity index (χ1v) is 7.94. The molecule has 3 heteroatoms. The number of ether oxygens (including phenoxy) is 2. The molecule has 0 bridgehead atoms. The van der Waals surface area contributed by atoms with Gasteiger partial charge in [0, 0.05) is 11.6 Å². The highest BCUT2D eigenvalue weighted by atomic mass is 16.5. The molecule has 0 radical (unpaired) electrons. The molecular weight excluding hydrogens is 274 g/mol. The van der Waals surface area contributed by atoms with Crippen LogP contribution < -0.4 is 14.8 Å². The quantitative estimate of drug-likeness (QED) is 0.704. The summed E-state index contributed by atoms with van der Waals surface area (Å²) in [6.45, 7) is 6.41. The van der Waals surface area contributed by atoms with Gasteiger partial charge in [-0.3, -0.25) is 0 Å². The monoisotopic (exact) mass is 299 g/mol. The lowest BCUT2D eigenvalue weighted by atomic mass is 10.1. The highest BCUT2D eigenvalue weighted by molar-refractivity contribution is 5.35. The SMILES string of the molecule is CCCNC(C)c1ccccc1OCCOc1ccccc1. The van der Waals surface area contributed by atoms with Crippen molar-refractivity contribution in [3.8, 4) is 11.5 Å². The predicted octanol–water partition coefficient (Wildman–Crippen LogP) is 4.21. The molecule has 0 aromatic heterocycles. The van der Waals surface area contributed by atoms with E-state index in [0.717, 1.165) is 24.5 Å². The first kappa shape index (κ1) is 16.4. The van der Waals surface area contributed by atoms with Crippen molar-refractivity contribution < 1.29 is 9.47 Å². The van der Waals surface area contributed by atoms with Gasteiger partial charge in [0.1, 0.15) is 24.7 Å². The van der Waals surface area contributed by atoms with E-state index in [1.54, 1.807) is 0 Å². The van der Waals surface area contributed by atoms with Crippen molar-refractivity contribution in [3.05, 3.63) is 60.2 Å². The molecule has 2 aromatic carbocycles. The molecule has 0 aliphatic carbocycles. The standard InChI is InChI=1S/C19H25NO2/c1-3-13-20-16(2)18-11-7-8-12-19(18)22-15-14-21-17-9-5-4-6-10-17/h4-12,16,20H,3,13-15H2,1-2H3. The molecule has 3 nitrogen and oxygen atoms in total. The fourth-order valence-corrected chi connectivity index (χ4v) is 2.27. The van der Waals surface area contributed by atoms with E-state index >= 15 is 0 Å². The zero-order valence-corrected chi connectivity index (χ0v) is 13.4. The van der Waals surface area contributed by atoms with E-state index < -0.39 is 0 Å². The zero-order chi connectivity index (χ0) is 15.6. The first-order valence-electron chi connectivity index (χ1n) is 7.94. The second kappa shape index (κ2) is 9.11. The Kier molecular flexibility index (Phi) is 6.78. The summed E-state index contributed by atoms with van der Waals surface area (Å²) in [4.78, 5) is 0. The van der Waals surface area contributed by atoms with Gasteiger partial charge in [-0.25, -0.2) is 0 Å². The summed E-state index contributed by atoms with van der Waals surface area (Å²) in [5.41, 5.74) is 1.19. The number of hydrogen-bond donors (Lipinski definition) is 1. The minimum atomic E-state index is 0.284. The largest absolute Gasteiger partial charge is 0.490 e. The average molecular weight is 299 g/mol. The maximum Gasteiger partial charge on any atom is 0.124 e. The van der Waals surface area contributed by atoms with Gasteiger partial charge in [-0.05, 0) is 38.1 Å². The third kappa shape index (κ3) is 5.08. The topological polar surface area (TPSA) is 30.5 Å². The van der Waals surface area contributed by atoms with Crippen molar-refractivity contribution >= 4 is 0 Å². The van der Waals surface area contributed by atoms with Crippen LogP contribution in [0.1, 0.15) is 31.9 Å². The summed E-state index contributed by atoms with van der Waals surface area (Å²) >= 11 is 0. The van der Waals surface area contributed by atoms with Gasteiger partial charge in [-0.1, -0.05) is 43.3 Å². The van der Waals surface area contributed by atoms with E-state index in [2.05, 4.69) is 25.2 Å². The Morgan fingerprint density at radius 1 is 0.909 bits per heavy atom. The fraction of sp³-hybridized carbons (Fsp3) is 0.368. The average Bonchev–Trinajstić information content (AvgIpc) is 2.58. The molecule has 0 amide bonds. The summed E-state index contributed by atoms with van der Waals surface area (Å²) in [5.74, 6) is 1.80. The fourth-order valence-electron chi connectivity index (χ4n) is 2.27. The van der Waals surface area contributed by atoms with Crippen LogP contribution in [0.3, 0.4) is 0 Å². The molecule has 118 valence electrons. The van der Waals surface area contributed by atoms with Crippen molar-refractivity contribution in [1.29, 1.82) is 0 Å².